The second-order valence-corrected chi connectivity index (χ2v) is 3.99. The molecule has 20 heavy (non-hydrogen) atoms. The lowest BCUT2D eigenvalue weighted by Gasteiger charge is -2.07. The third-order valence-corrected chi connectivity index (χ3v) is 2.56. The SMILES string of the molecule is CCOC(=O)c1cccc(Oc2ccc(C#N)cc2)c1. The van der Waals surface area contributed by atoms with Gasteiger partial charge >= 0.3 is 5.97 Å². The summed E-state index contributed by atoms with van der Waals surface area (Å²) in [4.78, 5) is 11.6. The van der Waals surface area contributed by atoms with E-state index < -0.39 is 0 Å². The predicted octanol–water partition coefficient (Wildman–Crippen LogP) is 3.53. The Morgan fingerprint density at radius 3 is 2.55 bits per heavy atom. The molecule has 0 unspecified atom stereocenters. The van der Waals surface area contributed by atoms with Gasteiger partial charge in [-0.3, -0.25) is 0 Å². The summed E-state index contributed by atoms with van der Waals surface area (Å²) in [6, 6.07) is 15.6. The molecule has 2 rings (SSSR count). The lowest BCUT2D eigenvalue weighted by Crippen LogP contribution is -2.04. The molecule has 0 spiro atoms. The molecule has 4 nitrogen and oxygen atoms in total. The lowest BCUT2D eigenvalue weighted by atomic mass is 10.2. The van der Waals surface area contributed by atoms with Crippen molar-refractivity contribution in [3.05, 3.63) is 59.7 Å². The first-order chi connectivity index (χ1) is 9.72. The van der Waals surface area contributed by atoms with Crippen LogP contribution in [0.4, 0.5) is 0 Å². The Hall–Kier alpha value is -2.80. The third kappa shape index (κ3) is 3.36. The molecule has 0 aliphatic carbocycles. The van der Waals surface area contributed by atoms with Gasteiger partial charge in [-0.1, -0.05) is 6.07 Å². The van der Waals surface area contributed by atoms with Gasteiger partial charge in [0, 0.05) is 0 Å². The van der Waals surface area contributed by atoms with Crippen molar-refractivity contribution in [2.45, 2.75) is 6.92 Å². The molecule has 0 aromatic heterocycles. The van der Waals surface area contributed by atoms with Crippen LogP contribution >= 0.6 is 0 Å². The van der Waals surface area contributed by atoms with Gasteiger partial charge in [0.2, 0.25) is 0 Å². The van der Waals surface area contributed by atoms with Crippen molar-refractivity contribution in [1.82, 2.24) is 0 Å². The van der Waals surface area contributed by atoms with Crippen LogP contribution in [-0.4, -0.2) is 12.6 Å². The van der Waals surface area contributed by atoms with E-state index in [0.717, 1.165) is 0 Å². The topological polar surface area (TPSA) is 59.3 Å². The van der Waals surface area contributed by atoms with E-state index in [-0.39, 0.29) is 5.97 Å². The highest BCUT2D eigenvalue weighted by molar-refractivity contribution is 5.89. The van der Waals surface area contributed by atoms with E-state index >= 15 is 0 Å². The van der Waals surface area contributed by atoms with E-state index in [0.29, 0.717) is 29.2 Å². The number of benzene rings is 2. The summed E-state index contributed by atoms with van der Waals surface area (Å²) in [7, 11) is 0. The van der Waals surface area contributed by atoms with Gasteiger partial charge in [-0.2, -0.15) is 5.26 Å². The number of nitriles is 1. The monoisotopic (exact) mass is 267 g/mol. The number of rotatable bonds is 4. The molecule has 0 N–H and O–H groups in total. The molecule has 0 aliphatic heterocycles. The molecular formula is C16H13NO3. The fourth-order valence-electron chi connectivity index (χ4n) is 1.63. The van der Waals surface area contributed by atoms with E-state index in [4.69, 9.17) is 14.7 Å². The normalized spacial score (nSPS) is 9.60. The molecular weight excluding hydrogens is 254 g/mol. The number of esters is 1. The van der Waals surface area contributed by atoms with Gasteiger partial charge in [-0.25, -0.2) is 4.79 Å². The van der Waals surface area contributed by atoms with Crippen LogP contribution in [0.1, 0.15) is 22.8 Å². The van der Waals surface area contributed by atoms with Crippen LogP contribution < -0.4 is 4.74 Å². The summed E-state index contributed by atoms with van der Waals surface area (Å²) >= 11 is 0. The van der Waals surface area contributed by atoms with E-state index in [1.54, 1.807) is 55.5 Å². The molecule has 0 saturated carbocycles. The highest BCUT2D eigenvalue weighted by Gasteiger charge is 2.07. The average Bonchev–Trinajstić information content (AvgIpc) is 2.48. The van der Waals surface area contributed by atoms with Crippen LogP contribution in [0, 0.1) is 11.3 Å². The Morgan fingerprint density at radius 1 is 1.15 bits per heavy atom. The van der Waals surface area contributed by atoms with Crippen molar-refractivity contribution in [3.63, 3.8) is 0 Å². The van der Waals surface area contributed by atoms with E-state index in [1.165, 1.54) is 0 Å². The Bertz CT molecular complexity index is 642. The summed E-state index contributed by atoms with van der Waals surface area (Å²) in [5, 5.41) is 8.72. The van der Waals surface area contributed by atoms with Crippen LogP contribution in [0.15, 0.2) is 48.5 Å². The molecule has 0 saturated heterocycles. The minimum Gasteiger partial charge on any atom is -0.462 e. The maximum atomic E-state index is 11.6. The molecule has 0 amide bonds. The molecule has 0 fully saturated rings. The molecule has 2 aromatic carbocycles. The summed E-state index contributed by atoms with van der Waals surface area (Å²) < 4.78 is 10.6. The van der Waals surface area contributed by atoms with Gasteiger partial charge < -0.3 is 9.47 Å². The summed E-state index contributed by atoms with van der Waals surface area (Å²) in [5.74, 6) is 0.767. The summed E-state index contributed by atoms with van der Waals surface area (Å²) in [6.07, 6.45) is 0. The fraction of sp³-hybridized carbons (Fsp3) is 0.125. The van der Waals surface area contributed by atoms with Crippen LogP contribution in [0.25, 0.3) is 0 Å². The highest BCUT2D eigenvalue weighted by Crippen LogP contribution is 2.22. The Balaban J connectivity index is 2.15. The number of nitrogens with zero attached hydrogens (tertiary/aromatic N) is 1. The zero-order chi connectivity index (χ0) is 14.4. The van der Waals surface area contributed by atoms with Crippen LogP contribution in [0.2, 0.25) is 0 Å². The van der Waals surface area contributed by atoms with E-state index in [1.807, 2.05) is 6.07 Å². The number of hydrogen-bond acceptors (Lipinski definition) is 4. The van der Waals surface area contributed by atoms with Gasteiger partial charge in [0.1, 0.15) is 11.5 Å². The number of carbonyl (C=O) groups excluding carboxylic acids is 1. The van der Waals surface area contributed by atoms with Gasteiger partial charge in [0.15, 0.2) is 0 Å². The first-order valence-corrected chi connectivity index (χ1v) is 6.18. The zero-order valence-corrected chi connectivity index (χ0v) is 11.0. The quantitative estimate of drug-likeness (QED) is 0.795. The van der Waals surface area contributed by atoms with Crippen LogP contribution in [0.3, 0.4) is 0 Å². The van der Waals surface area contributed by atoms with Gasteiger partial charge in [-0.15, -0.1) is 0 Å². The van der Waals surface area contributed by atoms with Crippen molar-refractivity contribution < 1.29 is 14.3 Å². The van der Waals surface area contributed by atoms with Crippen molar-refractivity contribution in [3.8, 4) is 17.6 Å². The largest absolute Gasteiger partial charge is 0.462 e. The molecule has 0 aliphatic rings. The molecule has 0 bridgehead atoms. The van der Waals surface area contributed by atoms with Gasteiger partial charge in [-0.05, 0) is 49.4 Å². The minimum atomic E-state index is -0.377. The summed E-state index contributed by atoms with van der Waals surface area (Å²) in [5.41, 5.74) is 1.01. The number of carbonyl (C=O) groups is 1. The maximum Gasteiger partial charge on any atom is 0.338 e. The predicted molar refractivity (Wildman–Crippen MR) is 73.6 cm³/mol. The number of ether oxygens (including phenoxy) is 2. The lowest BCUT2D eigenvalue weighted by molar-refractivity contribution is 0.0526. The summed E-state index contributed by atoms with van der Waals surface area (Å²) in [6.45, 7) is 2.09. The molecule has 4 heteroatoms. The van der Waals surface area contributed by atoms with Crippen LogP contribution in [-0.2, 0) is 4.74 Å². The smallest absolute Gasteiger partial charge is 0.338 e. The molecule has 0 heterocycles. The van der Waals surface area contributed by atoms with Crippen LogP contribution in [0.5, 0.6) is 11.5 Å². The van der Waals surface area contributed by atoms with Crippen molar-refractivity contribution in [2.75, 3.05) is 6.61 Å². The second kappa shape index (κ2) is 6.39. The average molecular weight is 267 g/mol. The van der Waals surface area contributed by atoms with Crippen molar-refractivity contribution in [1.29, 1.82) is 5.26 Å². The van der Waals surface area contributed by atoms with Gasteiger partial charge in [0.25, 0.3) is 0 Å². The second-order valence-electron chi connectivity index (χ2n) is 3.99. The Kier molecular flexibility index (Phi) is 4.35. The van der Waals surface area contributed by atoms with E-state index in [2.05, 4.69) is 0 Å². The van der Waals surface area contributed by atoms with Crippen molar-refractivity contribution in [2.24, 2.45) is 0 Å². The maximum absolute atomic E-state index is 11.6. The Labute approximate surface area is 117 Å². The first kappa shape index (κ1) is 13.6. The molecule has 0 radical (unpaired) electrons. The van der Waals surface area contributed by atoms with Crippen molar-refractivity contribution >= 4 is 5.97 Å². The zero-order valence-electron chi connectivity index (χ0n) is 11.0. The molecule has 0 atom stereocenters. The standard InChI is InChI=1S/C16H13NO3/c1-2-19-16(18)13-4-3-5-15(10-13)20-14-8-6-12(11-17)7-9-14/h3-10H,2H2,1H3. The molecule has 2 aromatic rings. The minimum absolute atomic E-state index is 0.333. The van der Waals surface area contributed by atoms with Gasteiger partial charge in [0.05, 0.1) is 23.8 Å². The number of hydrogen-bond donors (Lipinski definition) is 0. The first-order valence-electron chi connectivity index (χ1n) is 6.18. The highest BCUT2D eigenvalue weighted by atomic mass is 16.5. The van der Waals surface area contributed by atoms with E-state index in [9.17, 15) is 4.79 Å². The third-order valence-electron chi connectivity index (χ3n) is 2.56. The Morgan fingerprint density at radius 2 is 1.90 bits per heavy atom. The molecule has 100 valence electrons. The fourth-order valence-corrected chi connectivity index (χ4v) is 1.63.